The van der Waals surface area contributed by atoms with E-state index in [1.165, 1.54) is 0 Å². The number of hydrogen-bond acceptors (Lipinski definition) is 4. The van der Waals surface area contributed by atoms with Gasteiger partial charge in [-0.15, -0.1) is 0 Å². The molecule has 2 aromatic rings. The third-order valence-electron chi connectivity index (χ3n) is 5.37. The van der Waals surface area contributed by atoms with Crippen LogP contribution in [0.1, 0.15) is 38.3 Å². The molecule has 1 fully saturated rings. The standard InChI is InChI=1S/C25H32N2O4/c1-25(2,3)31-24(30)26-15-16-27(21(18-26)17-19-9-5-4-6-10-19)23(29)14-13-20-11-7-8-12-22(20)28/h4-12,21,28H,13-18H2,1-3H3. The molecule has 1 unspecified atom stereocenters. The number of phenols is 1. The summed E-state index contributed by atoms with van der Waals surface area (Å²) in [6.45, 7) is 6.91. The normalized spacial score (nSPS) is 16.8. The molecule has 2 aromatic carbocycles. The number of amides is 2. The van der Waals surface area contributed by atoms with Crippen LogP contribution in [-0.4, -0.2) is 58.2 Å². The molecule has 3 rings (SSSR count). The number of benzene rings is 2. The molecule has 2 amide bonds. The van der Waals surface area contributed by atoms with Gasteiger partial charge in [-0.05, 0) is 50.8 Å². The van der Waals surface area contributed by atoms with Crippen LogP contribution in [-0.2, 0) is 22.4 Å². The van der Waals surface area contributed by atoms with Gasteiger partial charge < -0.3 is 19.6 Å². The predicted molar refractivity (Wildman–Crippen MR) is 120 cm³/mol. The van der Waals surface area contributed by atoms with Gasteiger partial charge in [-0.3, -0.25) is 4.79 Å². The number of phenolic OH excluding ortho intramolecular Hbond substituents is 1. The highest BCUT2D eigenvalue weighted by Gasteiger charge is 2.34. The number of aromatic hydroxyl groups is 1. The van der Waals surface area contributed by atoms with Crippen molar-refractivity contribution in [2.45, 2.75) is 51.7 Å². The Hall–Kier alpha value is -3.02. The average Bonchev–Trinajstić information content (AvgIpc) is 2.72. The lowest BCUT2D eigenvalue weighted by atomic mass is 10.0. The zero-order valence-electron chi connectivity index (χ0n) is 18.6. The van der Waals surface area contributed by atoms with E-state index in [9.17, 15) is 14.7 Å². The summed E-state index contributed by atoms with van der Waals surface area (Å²) in [5.74, 6) is 0.249. The van der Waals surface area contributed by atoms with Gasteiger partial charge in [0.2, 0.25) is 5.91 Å². The van der Waals surface area contributed by atoms with Gasteiger partial charge in [0, 0.05) is 26.1 Å². The Bertz CT molecular complexity index is 892. The quantitative estimate of drug-likeness (QED) is 0.787. The molecular formula is C25H32N2O4. The number of piperazine rings is 1. The maximum Gasteiger partial charge on any atom is 0.410 e. The van der Waals surface area contributed by atoms with Gasteiger partial charge in [-0.2, -0.15) is 0 Å². The molecule has 166 valence electrons. The Kier molecular flexibility index (Phi) is 7.21. The topological polar surface area (TPSA) is 70.1 Å². The fourth-order valence-corrected chi connectivity index (χ4v) is 3.84. The highest BCUT2D eigenvalue weighted by molar-refractivity contribution is 5.77. The van der Waals surface area contributed by atoms with Crippen LogP contribution in [0.4, 0.5) is 4.79 Å². The van der Waals surface area contributed by atoms with Crippen LogP contribution in [0.5, 0.6) is 5.75 Å². The maximum absolute atomic E-state index is 13.1. The SMILES string of the molecule is CC(C)(C)OC(=O)N1CCN(C(=O)CCc2ccccc2O)C(Cc2ccccc2)C1. The molecule has 1 aliphatic rings. The molecule has 0 saturated carbocycles. The van der Waals surface area contributed by atoms with Gasteiger partial charge in [0.05, 0.1) is 6.04 Å². The Balaban J connectivity index is 1.70. The van der Waals surface area contributed by atoms with E-state index in [0.717, 1.165) is 11.1 Å². The van der Waals surface area contributed by atoms with E-state index in [1.54, 1.807) is 17.0 Å². The van der Waals surface area contributed by atoms with Crippen LogP contribution in [0.25, 0.3) is 0 Å². The van der Waals surface area contributed by atoms with Crippen LogP contribution >= 0.6 is 0 Å². The Labute approximate surface area is 184 Å². The van der Waals surface area contributed by atoms with Crippen molar-refractivity contribution in [2.24, 2.45) is 0 Å². The van der Waals surface area contributed by atoms with Crippen molar-refractivity contribution in [3.63, 3.8) is 0 Å². The molecule has 31 heavy (non-hydrogen) atoms. The van der Waals surface area contributed by atoms with Crippen LogP contribution in [0, 0.1) is 0 Å². The first kappa shape index (κ1) is 22.7. The summed E-state index contributed by atoms with van der Waals surface area (Å²) in [5.41, 5.74) is 1.33. The van der Waals surface area contributed by atoms with Crippen LogP contribution < -0.4 is 0 Å². The zero-order valence-corrected chi connectivity index (χ0v) is 18.6. The van der Waals surface area contributed by atoms with Crippen LogP contribution in [0.3, 0.4) is 0 Å². The summed E-state index contributed by atoms with van der Waals surface area (Å²) in [6, 6.07) is 17.0. The summed E-state index contributed by atoms with van der Waals surface area (Å²) in [4.78, 5) is 29.3. The molecule has 1 atom stereocenters. The van der Waals surface area contributed by atoms with Crippen molar-refractivity contribution >= 4 is 12.0 Å². The number of hydrogen-bond donors (Lipinski definition) is 1. The van der Waals surface area contributed by atoms with E-state index < -0.39 is 5.60 Å². The maximum atomic E-state index is 13.1. The smallest absolute Gasteiger partial charge is 0.410 e. The number of para-hydroxylation sites is 1. The van der Waals surface area contributed by atoms with Crippen molar-refractivity contribution in [3.8, 4) is 5.75 Å². The number of ether oxygens (including phenoxy) is 1. The third-order valence-corrected chi connectivity index (χ3v) is 5.37. The number of carbonyl (C=O) groups is 2. The fourth-order valence-electron chi connectivity index (χ4n) is 3.84. The first-order valence-corrected chi connectivity index (χ1v) is 10.8. The molecule has 0 aromatic heterocycles. The lowest BCUT2D eigenvalue weighted by Crippen LogP contribution is -2.57. The molecule has 1 aliphatic heterocycles. The lowest BCUT2D eigenvalue weighted by Gasteiger charge is -2.42. The summed E-state index contributed by atoms with van der Waals surface area (Å²) in [7, 11) is 0. The molecule has 6 heteroatoms. The van der Waals surface area contributed by atoms with Gasteiger partial charge in [0.25, 0.3) is 0 Å². The minimum Gasteiger partial charge on any atom is -0.508 e. The Morgan fingerprint density at radius 3 is 2.39 bits per heavy atom. The second-order valence-corrected chi connectivity index (χ2v) is 8.99. The number of nitrogens with zero attached hydrogens (tertiary/aromatic N) is 2. The van der Waals surface area contributed by atoms with E-state index in [4.69, 9.17) is 4.74 Å². The van der Waals surface area contributed by atoms with Crippen LogP contribution in [0.2, 0.25) is 0 Å². The van der Waals surface area contributed by atoms with E-state index >= 15 is 0 Å². The Morgan fingerprint density at radius 1 is 1.03 bits per heavy atom. The van der Waals surface area contributed by atoms with E-state index in [-0.39, 0.29) is 23.8 Å². The third kappa shape index (κ3) is 6.48. The van der Waals surface area contributed by atoms with Crippen molar-refractivity contribution in [1.82, 2.24) is 9.80 Å². The van der Waals surface area contributed by atoms with E-state index in [0.29, 0.717) is 38.9 Å². The molecule has 1 N–H and O–H groups in total. The number of carbonyl (C=O) groups excluding carboxylic acids is 2. The highest BCUT2D eigenvalue weighted by atomic mass is 16.6. The second-order valence-electron chi connectivity index (χ2n) is 8.99. The summed E-state index contributed by atoms with van der Waals surface area (Å²) < 4.78 is 5.55. The molecule has 1 heterocycles. The summed E-state index contributed by atoms with van der Waals surface area (Å²) >= 11 is 0. The van der Waals surface area contributed by atoms with Gasteiger partial charge in [0.1, 0.15) is 11.4 Å². The zero-order chi connectivity index (χ0) is 22.4. The molecule has 6 nitrogen and oxygen atoms in total. The molecule has 0 spiro atoms. The van der Waals surface area contributed by atoms with Crippen LogP contribution in [0.15, 0.2) is 54.6 Å². The van der Waals surface area contributed by atoms with Crippen molar-refractivity contribution < 1.29 is 19.4 Å². The van der Waals surface area contributed by atoms with Gasteiger partial charge in [-0.25, -0.2) is 4.79 Å². The van der Waals surface area contributed by atoms with Crippen molar-refractivity contribution in [3.05, 3.63) is 65.7 Å². The summed E-state index contributed by atoms with van der Waals surface area (Å²) in [5, 5.41) is 9.99. The predicted octanol–water partition coefficient (Wildman–Crippen LogP) is 4.02. The van der Waals surface area contributed by atoms with Crippen molar-refractivity contribution in [1.29, 1.82) is 0 Å². The number of aryl methyl sites for hydroxylation is 1. The molecule has 0 aliphatic carbocycles. The fraction of sp³-hybridized carbons (Fsp3) is 0.440. The average molecular weight is 425 g/mol. The molecular weight excluding hydrogens is 392 g/mol. The number of rotatable bonds is 5. The highest BCUT2D eigenvalue weighted by Crippen LogP contribution is 2.21. The lowest BCUT2D eigenvalue weighted by molar-refractivity contribution is -0.136. The Morgan fingerprint density at radius 2 is 1.71 bits per heavy atom. The monoisotopic (exact) mass is 424 g/mol. The largest absolute Gasteiger partial charge is 0.508 e. The molecule has 1 saturated heterocycles. The minimum atomic E-state index is -0.559. The second kappa shape index (κ2) is 9.86. The molecule has 0 radical (unpaired) electrons. The van der Waals surface area contributed by atoms with E-state index in [2.05, 4.69) is 0 Å². The molecule has 0 bridgehead atoms. The first-order valence-electron chi connectivity index (χ1n) is 10.8. The first-order chi connectivity index (χ1) is 14.7. The van der Waals surface area contributed by atoms with Gasteiger partial charge in [-0.1, -0.05) is 48.5 Å². The minimum absolute atomic E-state index is 0.0352. The van der Waals surface area contributed by atoms with Gasteiger partial charge in [0.15, 0.2) is 0 Å². The summed E-state index contributed by atoms with van der Waals surface area (Å²) in [6.07, 6.45) is 1.13. The van der Waals surface area contributed by atoms with E-state index in [1.807, 2.05) is 68.1 Å². The van der Waals surface area contributed by atoms with Gasteiger partial charge >= 0.3 is 6.09 Å². The van der Waals surface area contributed by atoms with Crippen molar-refractivity contribution in [2.75, 3.05) is 19.6 Å².